The molecule has 6 heteroatoms. The third kappa shape index (κ3) is 2.47. The average Bonchev–Trinajstić information content (AvgIpc) is 2.21. The van der Waals surface area contributed by atoms with E-state index in [1.807, 2.05) is 0 Å². The van der Waals surface area contributed by atoms with Crippen LogP contribution in [0.3, 0.4) is 0 Å². The lowest BCUT2D eigenvalue weighted by molar-refractivity contribution is 0.0696. The van der Waals surface area contributed by atoms with E-state index in [1.165, 1.54) is 0 Å². The molecule has 0 saturated heterocycles. The van der Waals surface area contributed by atoms with Crippen molar-refractivity contribution >= 4 is 5.97 Å². The lowest BCUT2D eigenvalue weighted by Gasteiger charge is -2.13. The summed E-state index contributed by atoms with van der Waals surface area (Å²) >= 11 is 0. The molecule has 1 rings (SSSR count). The Hall–Kier alpha value is -1.66. The molecule has 5 N–H and O–H groups in total. The molecule has 0 radical (unpaired) electrons. The van der Waals surface area contributed by atoms with E-state index in [4.69, 9.17) is 15.9 Å². The van der Waals surface area contributed by atoms with Crippen LogP contribution in [-0.4, -0.2) is 27.9 Å². The van der Waals surface area contributed by atoms with Gasteiger partial charge in [-0.3, -0.25) is 0 Å². The van der Waals surface area contributed by atoms with Crippen molar-refractivity contribution in [2.24, 2.45) is 5.73 Å². The van der Waals surface area contributed by atoms with E-state index in [0.717, 1.165) is 6.07 Å². The van der Waals surface area contributed by atoms with E-state index in [1.54, 1.807) is 0 Å². The lowest BCUT2D eigenvalue weighted by atomic mass is 10.0. The summed E-state index contributed by atoms with van der Waals surface area (Å²) in [6, 6.07) is 1.01. The first-order valence-electron chi connectivity index (χ1n) is 4.59. The van der Waals surface area contributed by atoms with Crippen molar-refractivity contribution in [1.82, 2.24) is 0 Å². The number of aliphatic hydroxyl groups excluding tert-OH is 1. The van der Waals surface area contributed by atoms with Crippen LogP contribution in [0.25, 0.3) is 0 Å². The number of carboxylic acids is 1. The van der Waals surface area contributed by atoms with Crippen molar-refractivity contribution in [1.29, 1.82) is 0 Å². The SMILES string of the molecule is N[C@@H](CCO)c1cc(C(=O)O)cc(F)c1O. The molecule has 0 saturated carbocycles. The summed E-state index contributed by atoms with van der Waals surface area (Å²) in [6.45, 7) is -0.237. The van der Waals surface area contributed by atoms with Crippen molar-refractivity contribution in [3.8, 4) is 5.75 Å². The minimum atomic E-state index is -1.31. The Morgan fingerprint density at radius 2 is 2.12 bits per heavy atom. The first kappa shape index (κ1) is 12.4. The van der Waals surface area contributed by atoms with E-state index >= 15 is 0 Å². The number of aromatic hydroxyl groups is 1. The van der Waals surface area contributed by atoms with Gasteiger partial charge in [-0.2, -0.15) is 0 Å². The van der Waals surface area contributed by atoms with Gasteiger partial charge in [-0.15, -0.1) is 0 Å². The summed E-state index contributed by atoms with van der Waals surface area (Å²) in [5.74, 6) is -3.02. The number of halogens is 1. The number of nitrogens with two attached hydrogens (primary N) is 1. The van der Waals surface area contributed by atoms with Crippen LogP contribution in [0.4, 0.5) is 4.39 Å². The number of carboxylic acid groups (broad SMARTS) is 1. The Kier molecular flexibility index (Phi) is 3.81. The number of aliphatic hydroxyl groups is 1. The number of hydrogen-bond acceptors (Lipinski definition) is 4. The minimum absolute atomic E-state index is 0.0218. The third-order valence-corrected chi connectivity index (χ3v) is 2.18. The molecule has 0 heterocycles. The number of rotatable bonds is 4. The number of carbonyl (C=O) groups is 1. The molecule has 0 aliphatic carbocycles. The van der Waals surface area contributed by atoms with Crippen LogP contribution in [-0.2, 0) is 0 Å². The zero-order valence-corrected chi connectivity index (χ0v) is 8.35. The second-order valence-electron chi connectivity index (χ2n) is 3.32. The monoisotopic (exact) mass is 229 g/mol. The number of phenolic OH excluding ortho intramolecular Hbond substituents is 1. The van der Waals surface area contributed by atoms with Crippen LogP contribution in [0.5, 0.6) is 5.75 Å². The first-order valence-corrected chi connectivity index (χ1v) is 4.59. The van der Waals surface area contributed by atoms with Crippen LogP contribution in [0.15, 0.2) is 12.1 Å². The van der Waals surface area contributed by atoms with Gasteiger partial charge in [0, 0.05) is 18.2 Å². The van der Waals surface area contributed by atoms with E-state index in [0.29, 0.717) is 6.07 Å². The summed E-state index contributed by atoms with van der Waals surface area (Å²) in [5.41, 5.74) is 5.25. The smallest absolute Gasteiger partial charge is 0.335 e. The van der Waals surface area contributed by atoms with Gasteiger partial charge >= 0.3 is 5.97 Å². The second kappa shape index (κ2) is 4.91. The van der Waals surface area contributed by atoms with Crippen molar-refractivity contribution in [3.63, 3.8) is 0 Å². The van der Waals surface area contributed by atoms with E-state index in [9.17, 15) is 14.3 Å². The molecule has 0 unspecified atom stereocenters. The van der Waals surface area contributed by atoms with Gasteiger partial charge in [-0.25, -0.2) is 9.18 Å². The maximum Gasteiger partial charge on any atom is 0.335 e. The largest absolute Gasteiger partial charge is 0.505 e. The topological polar surface area (TPSA) is 104 Å². The van der Waals surface area contributed by atoms with Gasteiger partial charge in [0.2, 0.25) is 0 Å². The fraction of sp³-hybridized carbons (Fsp3) is 0.300. The molecule has 1 atom stereocenters. The first-order chi connectivity index (χ1) is 7.47. The number of benzene rings is 1. The molecule has 5 nitrogen and oxygen atoms in total. The summed E-state index contributed by atoms with van der Waals surface area (Å²) in [6.07, 6.45) is 0.107. The van der Waals surface area contributed by atoms with Crippen LogP contribution in [0, 0.1) is 5.82 Å². The summed E-state index contributed by atoms with van der Waals surface area (Å²) in [5, 5.41) is 26.7. The molecule has 0 aromatic heterocycles. The predicted molar refractivity (Wildman–Crippen MR) is 53.7 cm³/mol. The van der Waals surface area contributed by atoms with E-state index in [-0.39, 0.29) is 24.2 Å². The Balaban J connectivity index is 3.21. The maximum atomic E-state index is 13.2. The van der Waals surface area contributed by atoms with Crippen molar-refractivity contribution < 1.29 is 24.5 Å². The molecule has 0 aliphatic rings. The van der Waals surface area contributed by atoms with Crippen LogP contribution in [0.2, 0.25) is 0 Å². The molecular formula is C10H12FNO4. The molecule has 16 heavy (non-hydrogen) atoms. The zero-order chi connectivity index (χ0) is 12.3. The Bertz CT molecular complexity index is 408. The fourth-order valence-corrected chi connectivity index (χ4v) is 1.32. The molecule has 0 fully saturated rings. The fourth-order valence-electron chi connectivity index (χ4n) is 1.32. The van der Waals surface area contributed by atoms with E-state index < -0.39 is 23.6 Å². The molecule has 1 aromatic rings. The number of phenols is 1. The van der Waals surface area contributed by atoms with Crippen LogP contribution < -0.4 is 5.73 Å². The molecule has 88 valence electrons. The molecular weight excluding hydrogens is 217 g/mol. The highest BCUT2D eigenvalue weighted by atomic mass is 19.1. The van der Waals surface area contributed by atoms with E-state index in [2.05, 4.69) is 0 Å². The lowest BCUT2D eigenvalue weighted by Crippen LogP contribution is -2.13. The van der Waals surface area contributed by atoms with Gasteiger partial charge in [-0.05, 0) is 18.6 Å². The number of aromatic carboxylic acids is 1. The van der Waals surface area contributed by atoms with Gasteiger partial charge in [-0.1, -0.05) is 0 Å². The van der Waals surface area contributed by atoms with Gasteiger partial charge in [0.05, 0.1) is 5.56 Å². The average molecular weight is 229 g/mol. The maximum absolute atomic E-state index is 13.2. The van der Waals surface area contributed by atoms with Gasteiger partial charge in [0.1, 0.15) is 0 Å². The van der Waals surface area contributed by atoms with Crippen LogP contribution in [0.1, 0.15) is 28.4 Å². The highest BCUT2D eigenvalue weighted by Gasteiger charge is 2.18. The predicted octanol–water partition coefficient (Wildman–Crippen LogP) is 0.612. The second-order valence-corrected chi connectivity index (χ2v) is 3.32. The molecule has 0 aliphatic heterocycles. The Labute approximate surface area is 90.9 Å². The molecule has 1 aromatic carbocycles. The van der Waals surface area contributed by atoms with Gasteiger partial charge < -0.3 is 21.1 Å². The standard InChI is InChI=1S/C10H12FNO4/c11-7-4-5(10(15)16)3-6(9(7)14)8(12)1-2-13/h3-4,8,13-14H,1-2,12H2,(H,15,16)/t8-/m0/s1. The quantitative estimate of drug-likeness (QED) is 0.605. The number of hydrogen-bond donors (Lipinski definition) is 4. The zero-order valence-electron chi connectivity index (χ0n) is 8.35. The van der Waals surface area contributed by atoms with Crippen LogP contribution >= 0.6 is 0 Å². The Morgan fingerprint density at radius 1 is 1.50 bits per heavy atom. The normalized spacial score (nSPS) is 12.4. The molecule has 0 amide bonds. The summed E-state index contributed by atoms with van der Waals surface area (Å²) in [7, 11) is 0. The Morgan fingerprint density at radius 3 is 2.62 bits per heavy atom. The van der Waals surface area contributed by atoms with Gasteiger partial charge in [0.15, 0.2) is 11.6 Å². The summed E-state index contributed by atoms with van der Waals surface area (Å²) in [4.78, 5) is 10.7. The minimum Gasteiger partial charge on any atom is -0.505 e. The third-order valence-electron chi connectivity index (χ3n) is 2.18. The van der Waals surface area contributed by atoms with Crippen molar-refractivity contribution in [3.05, 3.63) is 29.1 Å². The van der Waals surface area contributed by atoms with Crippen molar-refractivity contribution in [2.45, 2.75) is 12.5 Å². The summed E-state index contributed by atoms with van der Waals surface area (Å²) < 4.78 is 13.2. The van der Waals surface area contributed by atoms with Gasteiger partial charge in [0.25, 0.3) is 0 Å². The van der Waals surface area contributed by atoms with Crippen molar-refractivity contribution in [2.75, 3.05) is 6.61 Å². The highest BCUT2D eigenvalue weighted by molar-refractivity contribution is 5.88. The molecule has 0 spiro atoms. The highest BCUT2D eigenvalue weighted by Crippen LogP contribution is 2.28. The molecule has 0 bridgehead atoms.